The molecule has 0 atom stereocenters. The summed E-state index contributed by atoms with van der Waals surface area (Å²) >= 11 is 0. The van der Waals surface area contributed by atoms with Gasteiger partial charge in [-0.05, 0) is 46.5 Å². The molecule has 262 valence electrons. The summed E-state index contributed by atoms with van der Waals surface area (Å²) in [6, 6.07) is 57.8. The van der Waals surface area contributed by atoms with Gasteiger partial charge in [0.25, 0.3) is 0 Å². The number of fused-ring (bicyclic) bond motifs is 6. The highest BCUT2D eigenvalue weighted by Crippen LogP contribution is 2.44. The zero-order chi connectivity index (χ0) is 37.0. The lowest BCUT2D eigenvalue weighted by molar-refractivity contribution is 0.665. The van der Waals surface area contributed by atoms with Crippen LogP contribution in [-0.2, 0) is 0 Å². The van der Waals surface area contributed by atoms with Crippen LogP contribution in [0.25, 0.3) is 111 Å². The van der Waals surface area contributed by atoms with Crippen molar-refractivity contribution in [1.29, 1.82) is 0 Å². The topological polar surface area (TPSA) is 77.8 Å². The Morgan fingerprint density at radius 1 is 0.321 bits per heavy atom. The zero-order valence-corrected chi connectivity index (χ0v) is 29.9. The minimum Gasteiger partial charge on any atom is -0.455 e. The Bertz CT molecular complexity index is 3220. The molecule has 0 aliphatic carbocycles. The highest BCUT2D eigenvalue weighted by Gasteiger charge is 2.21. The lowest BCUT2D eigenvalue weighted by Gasteiger charge is -2.11. The van der Waals surface area contributed by atoms with E-state index in [9.17, 15) is 0 Å². The molecule has 0 saturated carbocycles. The number of para-hydroxylation sites is 3. The third kappa shape index (κ3) is 5.35. The van der Waals surface area contributed by atoms with Crippen molar-refractivity contribution in [3.05, 3.63) is 182 Å². The molecule has 0 unspecified atom stereocenters. The summed E-state index contributed by atoms with van der Waals surface area (Å²) in [6.07, 6.45) is 3.65. The molecule has 0 amide bonds. The van der Waals surface area contributed by atoms with Crippen molar-refractivity contribution in [2.75, 3.05) is 0 Å². The van der Waals surface area contributed by atoms with Gasteiger partial charge in [-0.25, -0.2) is 15.0 Å². The van der Waals surface area contributed by atoms with Crippen molar-refractivity contribution >= 4 is 43.9 Å². The van der Waals surface area contributed by atoms with Crippen LogP contribution in [-0.4, -0.2) is 19.9 Å². The van der Waals surface area contributed by atoms with E-state index in [1.807, 2.05) is 72.9 Å². The largest absolute Gasteiger partial charge is 0.455 e. The fourth-order valence-corrected chi connectivity index (χ4v) is 7.73. The lowest BCUT2D eigenvalue weighted by atomic mass is 9.93. The van der Waals surface area contributed by atoms with Gasteiger partial charge in [-0.1, -0.05) is 146 Å². The van der Waals surface area contributed by atoms with E-state index in [1.165, 1.54) is 0 Å². The molecule has 6 nitrogen and oxygen atoms in total. The van der Waals surface area contributed by atoms with Crippen LogP contribution >= 0.6 is 0 Å². The zero-order valence-electron chi connectivity index (χ0n) is 29.9. The third-order valence-electron chi connectivity index (χ3n) is 10.5. The molecule has 11 rings (SSSR count). The number of nitrogens with zero attached hydrogens (tertiary/aromatic N) is 4. The van der Waals surface area contributed by atoms with E-state index in [1.54, 1.807) is 6.20 Å². The van der Waals surface area contributed by atoms with E-state index >= 15 is 0 Å². The van der Waals surface area contributed by atoms with Crippen LogP contribution < -0.4 is 0 Å². The highest BCUT2D eigenvalue weighted by atomic mass is 16.3. The van der Waals surface area contributed by atoms with Crippen LogP contribution in [0.5, 0.6) is 0 Å². The summed E-state index contributed by atoms with van der Waals surface area (Å²) < 4.78 is 13.2. The van der Waals surface area contributed by atoms with Crippen LogP contribution in [0.1, 0.15) is 0 Å². The maximum atomic E-state index is 6.69. The normalized spacial score (nSPS) is 11.6. The first-order valence-electron chi connectivity index (χ1n) is 18.5. The van der Waals surface area contributed by atoms with Crippen molar-refractivity contribution in [3.63, 3.8) is 0 Å². The molecule has 0 radical (unpaired) electrons. The Labute approximate surface area is 321 Å². The number of furan rings is 2. The SMILES string of the molecule is c1ccc(-c2nc(-c3ccc(-c4cccnc4)cc3)nc(-c3ccc(-c4ccc(-c5cccc6c5oc5ccccc56)c5oc6ccccc6c45)cc3)n2)cc1. The number of benzene rings is 7. The maximum Gasteiger partial charge on any atom is 0.164 e. The second-order valence-corrected chi connectivity index (χ2v) is 13.8. The first-order valence-corrected chi connectivity index (χ1v) is 18.5. The van der Waals surface area contributed by atoms with Gasteiger partial charge in [-0.3, -0.25) is 4.98 Å². The number of hydrogen-bond donors (Lipinski definition) is 0. The Hall–Kier alpha value is -7.70. The van der Waals surface area contributed by atoms with Crippen molar-refractivity contribution in [2.45, 2.75) is 0 Å². The highest BCUT2D eigenvalue weighted by molar-refractivity contribution is 6.18. The molecule has 4 heterocycles. The molecule has 56 heavy (non-hydrogen) atoms. The molecule has 0 bridgehead atoms. The average molecular weight is 719 g/mol. The fraction of sp³-hybridized carbons (Fsp3) is 0. The third-order valence-corrected chi connectivity index (χ3v) is 10.5. The maximum absolute atomic E-state index is 6.69. The van der Waals surface area contributed by atoms with Crippen molar-refractivity contribution in [1.82, 2.24) is 19.9 Å². The molecule has 0 saturated heterocycles. The van der Waals surface area contributed by atoms with E-state index in [0.29, 0.717) is 17.5 Å². The van der Waals surface area contributed by atoms with E-state index in [4.69, 9.17) is 23.8 Å². The van der Waals surface area contributed by atoms with E-state index in [2.05, 4.69) is 108 Å². The van der Waals surface area contributed by atoms with Crippen molar-refractivity contribution < 1.29 is 8.83 Å². The molecule has 6 heteroatoms. The Morgan fingerprint density at radius 2 is 0.839 bits per heavy atom. The van der Waals surface area contributed by atoms with E-state index in [0.717, 1.165) is 93.9 Å². The van der Waals surface area contributed by atoms with Crippen LogP contribution in [0.15, 0.2) is 191 Å². The molecular formula is C50H30N4O2. The average Bonchev–Trinajstić information content (AvgIpc) is 3.86. The van der Waals surface area contributed by atoms with Gasteiger partial charge in [0.15, 0.2) is 17.5 Å². The summed E-state index contributed by atoms with van der Waals surface area (Å²) in [7, 11) is 0. The first-order chi connectivity index (χ1) is 27.7. The van der Waals surface area contributed by atoms with E-state index < -0.39 is 0 Å². The Kier molecular flexibility index (Phi) is 7.38. The number of pyridine rings is 1. The second kappa shape index (κ2) is 13.0. The molecule has 0 aliphatic rings. The molecule has 0 fully saturated rings. The molecule has 0 N–H and O–H groups in total. The van der Waals surface area contributed by atoms with Crippen LogP contribution in [0.4, 0.5) is 0 Å². The quantitative estimate of drug-likeness (QED) is 0.170. The van der Waals surface area contributed by atoms with E-state index in [-0.39, 0.29) is 0 Å². The smallest absolute Gasteiger partial charge is 0.164 e. The minimum absolute atomic E-state index is 0.602. The molecule has 11 aromatic rings. The molecule has 0 spiro atoms. The number of hydrogen-bond acceptors (Lipinski definition) is 6. The Morgan fingerprint density at radius 3 is 1.54 bits per heavy atom. The fourth-order valence-electron chi connectivity index (χ4n) is 7.73. The molecule has 7 aromatic carbocycles. The second-order valence-electron chi connectivity index (χ2n) is 13.8. The summed E-state index contributed by atoms with van der Waals surface area (Å²) in [4.78, 5) is 19.2. The van der Waals surface area contributed by atoms with Crippen LogP contribution in [0, 0.1) is 0 Å². The van der Waals surface area contributed by atoms with Gasteiger partial charge in [0.05, 0.1) is 0 Å². The molecule has 0 aliphatic heterocycles. The summed E-state index contributed by atoms with van der Waals surface area (Å²) in [5.41, 5.74) is 12.4. The van der Waals surface area contributed by atoms with Gasteiger partial charge in [0, 0.05) is 61.8 Å². The molecular weight excluding hydrogens is 689 g/mol. The summed E-state index contributed by atoms with van der Waals surface area (Å²) in [5, 5.41) is 4.30. The predicted octanol–water partition coefficient (Wildman–Crippen LogP) is 13.1. The number of aromatic nitrogens is 4. The predicted molar refractivity (Wildman–Crippen MR) is 225 cm³/mol. The van der Waals surface area contributed by atoms with Gasteiger partial charge in [-0.2, -0.15) is 0 Å². The van der Waals surface area contributed by atoms with Crippen molar-refractivity contribution in [2.24, 2.45) is 0 Å². The van der Waals surface area contributed by atoms with Gasteiger partial charge >= 0.3 is 0 Å². The van der Waals surface area contributed by atoms with Crippen LogP contribution in [0.2, 0.25) is 0 Å². The lowest BCUT2D eigenvalue weighted by Crippen LogP contribution is -2.00. The molecule has 4 aromatic heterocycles. The summed E-state index contributed by atoms with van der Waals surface area (Å²) in [5.74, 6) is 1.83. The van der Waals surface area contributed by atoms with Gasteiger partial charge in [0.1, 0.15) is 22.3 Å². The van der Waals surface area contributed by atoms with Gasteiger partial charge in [0.2, 0.25) is 0 Å². The Balaban J connectivity index is 1.02. The van der Waals surface area contributed by atoms with Crippen molar-refractivity contribution in [3.8, 4) is 67.5 Å². The van der Waals surface area contributed by atoms with Gasteiger partial charge < -0.3 is 8.83 Å². The first kappa shape index (κ1) is 31.8. The summed E-state index contributed by atoms with van der Waals surface area (Å²) in [6.45, 7) is 0. The monoisotopic (exact) mass is 718 g/mol. The number of rotatable bonds is 6. The minimum atomic E-state index is 0.602. The van der Waals surface area contributed by atoms with Gasteiger partial charge in [-0.15, -0.1) is 0 Å². The standard InChI is InChI=1S/C50H30N4O2/c1-2-10-33(11-3-1)48-52-49(34-23-19-31(20-24-34)36-12-9-29-51-30-36)54-50(53-48)35-25-21-32(22-26-35)37-27-28-41(47-45(37)42-14-5-7-18-44(42)56-47)40-16-8-15-39-38-13-4-6-17-43(38)55-46(39)40/h1-30H. The van der Waals surface area contributed by atoms with Crippen LogP contribution in [0.3, 0.4) is 0 Å².